The number of ether oxygens (including phenoxy) is 1. The number of fused-ring (bicyclic) bond motifs is 1. The van der Waals surface area contributed by atoms with E-state index in [1.165, 1.54) is 18.3 Å². The minimum atomic E-state index is -0.738. The Bertz CT molecular complexity index is 1320. The second kappa shape index (κ2) is 9.75. The molecule has 3 heterocycles. The molecule has 3 aromatic rings. The summed E-state index contributed by atoms with van der Waals surface area (Å²) in [4.78, 5) is 18.5. The standard InChI is InChI=1S/C26H27F2N5O2/c1-14-23(13-34)33-26-22(31-14)10-21(32-25(26)19-5-2-17(27)9-20(19)28)15-6-7-35-24(8-15)16(11-29)12-30-18-3-4-18/h2,5,9-12,15,18,24,34H,3-4,6-8,13,29H2,1H3/b16-11+,30-12?. The van der Waals surface area contributed by atoms with Crippen LogP contribution in [0, 0.1) is 18.6 Å². The van der Waals surface area contributed by atoms with E-state index in [9.17, 15) is 13.9 Å². The summed E-state index contributed by atoms with van der Waals surface area (Å²) in [5, 5.41) is 9.69. The number of aromatic nitrogens is 3. The molecule has 1 aliphatic carbocycles. The van der Waals surface area contributed by atoms with Crippen LogP contribution in [-0.4, -0.2) is 45.0 Å². The molecule has 0 amide bonds. The summed E-state index contributed by atoms with van der Waals surface area (Å²) in [6.45, 7) is 1.97. The predicted octanol–water partition coefficient (Wildman–Crippen LogP) is 4.11. The molecule has 0 radical (unpaired) electrons. The highest BCUT2D eigenvalue weighted by molar-refractivity contribution is 5.90. The van der Waals surface area contributed by atoms with Gasteiger partial charge in [0.05, 0.1) is 35.7 Å². The minimum Gasteiger partial charge on any atom is -0.404 e. The number of nitrogens with zero attached hydrogens (tertiary/aromatic N) is 4. The molecular formula is C26H27F2N5O2. The van der Waals surface area contributed by atoms with Crippen LogP contribution in [0.5, 0.6) is 0 Å². The number of halogens is 2. The molecule has 1 aliphatic heterocycles. The highest BCUT2D eigenvalue weighted by Crippen LogP contribution is 2.36. The SMILES string of the molecule is Cc1nc2cc(C3CCOC(/C(C=NC4CC4)=C/N)C3)nc(-c3ccc(F)cc3F)c2nc1CO. The Morgan fingerprint density at radius 1 is 1.20 bits per heavy atom. The lowest BCUT2D eigenvalue weighted by atomic mass is 9.89. The van der Waals surface area contributed by atoms with Crippen molar-refractivity contribution in [2.24, 2.45) is 10.7 Å². The molecule has 35 heavy (non-hydrogen) atoms. The molecule has 1 aromatic carbocycles. The van der Waals surface area contributed by atoms with E-state index in [4.69, 9.17) is 15.5 Å². The summed E-state index contributed by atoms with van der Waals surface area (Å²) < 4.78 is 34.5. The van der Waals surface area contributed by atoms with Crippen molar-refractivity contribution in [1.82, 2.24) is 15.0 Å². The van der Waals surface area contributed by atoms with Gasteiger partial charge in [-0.05, 0) is 50.8 Å². The molecule has 2 fully saturated rings. The van der Waals surface area contributed by atoms with Crippen molar-refractivity contribution in [3.63, 3.8) is 0 Å². The smallest absolute Gasteiger partial charge is 0.135 e. The van der Waals surface area contributed by atoms with E-state index in [0.29, 0.717) is 41.5 Å². The molecule has 2 aromatic heterocycles. The maximum absolute atomic E-state index is 14.8. The van der Waals surface area contributed by atoms with Crippen molar-refractivity contribution in [1.29, 1.82) is 0 Å². The number of aliphatic hydroxyl groups is 1. The molecule has 0 spiro atoms. The number of hydrogen-bond donors (Lipinski definition) is 2. The topological polar surface area (TPSA) is 107 Å². The second-order valence-electron chi connectivity index (χ2n) is 9.06. The zero-order valence-corrected chi connectivity index (χ0v) is 19.4. The Labute approximate surface area is 201 Å². The first-order chi connectivity index (χ1) is 17.0. The van der Waals surface area contributed by atoms with Crippen LogP contribution in [0.3, 0.4) is 0 Å². The van der Waals surface area contributed by atoms with Gasteiger partial charge in [-0.2, -0.15) is 0 Å². The van der Waals surface area contributed by atoms with Gasteiger partial charge in [0.1, 0.15) is 22.8 Å². The molecule has 9 heteroatoms. The van der Waals surface area contributed by atoms with Gasteiger partial charge in [-0.1, -0.05) is 0 Å². The van der Waals surface area contributed by atoms with Gasteiger partial charge in [0.2, 0.25) is 0 Å². The van der Waals surface area contributed by atoms with Crippen LogP contribution in [0.15, 0.2) is 41.0 Å². The van der Waals surface area contributed by atoms with Crippen LogP contribution in [0.2, 0.25) is 0 Å². The van der Waals surface area contributed by atoms with Crippen LogP contribution in [0.4, 0.5) is 8.78 Å². The van der Waals surface area contributed by atoms with Gasteiger partial charge in [0.15, 0.2) is 0 Å². The summed E-state index contributed by atoms with van der Waals surface area (Å²) in [6.07, 6.45) is 6.67. The monoisotopic (exact) mass is 479 g/mol. The fourth-order valence-electron chi connectivity index (χ4n) is 4.38. The van der Waals surface area contributed by atoms with E-state index in [1.54, 1.807) is 6.92 Å². The average Bonchev–Trinajstić information content (AvgIpc) is 3.68. The third-order valence-electron chi connectivity index (χ3n) is 6.53. The molecule has 2 aliphatic rings. The largest absolute Gasteiger partial charge is 0.404 e. The van der Waals surface area contributed by atoms with Gasteiger partial charge in [-0.3, -0.25) is 4.99 Å². The van der Waals surface area contributed by atoms with Crippen LogP contribution < -0.4 is 5.73 Å². The van der Waals surface area contributed by atoms with Crippen molar-refractivity contribution >= 4 is 17.2 Å². The Hall–Kier alpha value is -3.30. The number of aryl methyl sites for hydroxylation is 1. The fraction of sp³-hybridized carbons (Fsp3) is 0.385. The Morgan fingerprint density at radius 3 is 2.74 bits per heavy atom. The molecule has 2 atom stereocenters. The third-order valence-corrected chi connectivity index (χ3v) is 6.53. The lowest BCUT2D eigenvalue weighted by molar-refractivity contribution is 0.0321. The van der Waals surface area contributed by atoms with E-state index >= 15 is 0 Å². The molecular weight excluding hydrogens is 452 g/mol. The summed E-state index contributed by atoms with van der Waals surface area (Å²) in [5.74, 6) is -1.41. The lowest BCUT2D eigenvalue weighted by Gasteiger charge is -2.30. The van der Waals surface area contributed by atoms with E-state index in [0.717, 1.165) is 36.6 Å². The number of rotatable bonds is 6. The first-order valence-electron chi connectivity index (χ1n) is 11.8. The summed E-state index contributed by atoms with van der Waals surface area (Å²) >= 11 is 0. The molecule has 182 valence electrons. The number of aliphatic imine (C=N–C) groups is 1. The van der Waals surface area contributed by atoms with E-state index in [-0.39, 0.29) is 29.9 Å². The fourth-order valence-corrected chi connectivity index (χ4v) is 4.38. The molecule has 1 saturated carbocycles. The second-order valence-corrected chi connectivity index (χ2v) is 9.06. The number of pyridine rings is 1. The number of benzene rings is 1. The minimum absolute atomic E-state index is 0.00399. The van der Waals surface area contributed by atoms with Gasteiger partial charge < -0.3 is 15.6 Å². The van der Waals surface area contributed by atoms with Crippen molar-refractivity contribution in [3.8, 4) is 11.3 Å². The van der Waals surface area contributed by atoms with Crippen LogP contribution in [-0.2, 0) is 11.3 Å². The molecule has 2 unspecified atom stereocenters. The Kier molecular flexibility index (Phi) is 6.53. The van der Waals surface area contributed by atoms with E-state index < -0.39 is 11.6 Å². The Morgan fingerprint density at radius 2 is 2.03 bits per heavy atom. The van der Waals surface area contributed by atoms with E-state index in [2.05, 4.69) is 15.0 Å². The quantitative estimate of drug-likeness (QED) is 0.516. The zero-order chi connectivity index (χ0) is 24.5. The van der Waals surface area contributed by atoms with Gasteiger partial charge in [0, 0.05) is 47.8 Å². The number of nitrogens with two attached hydrogens (primary N) is 1. The number of hydrogen-bond acceptors (Lipinski definition) is 7. The van der Waals surface area contributed by atoms with Crippen LogP contribution >= 0.6 is 0 Å². The van der Waals surface area contributed by atoms with Gasteiger partial charge in [-0.25, -0.2) is 23.7 Å². The molecule has 7 nitrogen and oxygen atoms in total. The lowest BCUT2D eigenvalue weighted by Crippen LogP contribution is -2.28. The molecule has 1 saturated heterocycles. The zero-order valence-electron chi connectivity index (χ0n) is 19.4. The van der Waals surface area contributed by atoms with Gasteiger partial charge >= 0.3 is 0 Å². The predicted molar refractivity (Wildman–Crippen MR) is 129 cm³/mol. The summed E-state index contributed by atoms with van der Waals surface area (Å²) in [5.41, 5.74) is 9.70. The van der Waals surface area contributed by atoms with Gasteiger partial charge in [-0.15, -0.1) is 0 Å². The third kappa shape index (κ3) is 4.92. The van der Waals surface area contributed by atoms with E-state index in [1.807, 2.05) is 12.3 Å². The van der Waals surface area contributed by atoms with Crippen molar-refractivity contribution < 1.29 is 18.6 Å². The van der Waals surface area contributed by atoms with Crippen LogP contribution in [0.25, 0.3) is 22.3 Å². The van der Waals surface area contributed by atoms with Crippen molar-refractivity contribution in [2.75, 3.05) is 6.61 Å². The molecule has 0 bridgehead atoms. The average molecular weight is 480 g/mol. The summed E-state index contributed by atoms with van der Waals surface area (Å²) in [7, 11) is 0. The maximum atomic E-state index is 14.8. The highest BCUT2D eigenvalue weighted by atomic mass is 19.1. The molecule has 5 rings (SSSR count). The van der Waals surface area contributed by atoms with Crippen molar-refractivity contribution in [3.05, 3.63) is 64.8 Å². The first-order valence-corrected chi connectivity index (χ1v) is 11.8. The molecule has 3 N–H and O–H groups in total. The number of aliphatic hydroxyl groups excluding tert-OH is 1. The van der Waals surface area contributed by atoms with Gasteiger partial charge in [0.25, 0.3) is 0 Å². The van der Waals surface area contributed by atoms with Crippen molar-refractivity contribution in [2.45, 2.75) is 57.3 Å². The highest BCUT2D eigenvalue weighted by Gasteiger charge is 2.29. The summed E-state index contributed by atoms with van der Waals surface area (Å²) in [6, 6.07) is 5.61. The first kappa shape index (κ1) is 23.4. The van der Waals surface area contributed by atoms with Crippen LogP contribution in [0.1, 0.15) is 48.7 Å². The Balaban J connectivity index is 1.57. The normalized spacial score (nSPS) is 21.2. The maximum Gasteiger partial charge on any atom is 0.135 e.